The number of likely N-dealkylation sites (tertiary alicyclic amines) is 1. The van der Waals surface area contributed by atoms with Gasteiger partial charge < -0.3 is 9.64 Å². The standard InChI is InChI=1S/C24H36N6O/c1-17-6-7-25-21(8-17)14-29-11-19-9-23(30-15-22(26-27-30)13-28(2)3)24(10-20(19)12-29)31-16-18-4-5-18/h6-8,15,18-20,23-24H,4-5,9-14,16H2,1-3H3/t19-,20+,23-,24-/m1/s1. The van der Waals surface area contributed by atoms with Crippen molar-refractivity contribution in [2.75, 3.05) is 33.8 Å². The highest BCUT2D eigenvalue weighted by Crippen LogP contribution is 2.43. The predicted octanol–water partition coefficient (Wildman–Crippen LogP) is 2.92. The molecule has 3 fully saturated rings. The molecule has 0 aromatic carbocycles. The van der Waals surface area contributed by atoms with Crippen LogP contribution in [-0.4, -0.2) is 69.7 Å². The zero-order valence-electron chi connectivity index (χ0n) is 19.2. The number of hydrogen-bond acceptors (Lipinski definition) is 6. The molecule has 0 unspecified atom stereocenters. The number of hydrogen-bond donors (Lipinski definition) is 0. The first-order valence-electron chi connectivity index (χ1n) is 11.8. The summed E-state index contributed by atoms with van der Waals surface area (Å²) in [5.74, 6) is 2.18. The first-order chi connectivity index (χ1) is 15.0. The van der Waals surface area contributed by atoms with Crippen molar-refractivity contribution in [1.82, 2.24) is 29.8 Å². The van der Waals surface area contributed by atoms with Gasteiger partial charge in [-0.1, -0.05) is 5.21 Å². The molecule has 3 heterocycles. The van der Waals surface area contributed by atoms with Crippen LogP contribution in [0.25, 0.3) is 0 Å². The van der Waals surface area contributed by atoms with Gasteiger partial charge in [-0.25, -0.2) is 4.68 Å². The van der Waals surface area contributed by atoms with Crippen LogP contribution in [0.5, 0.6) is 0 Å². The van der Waals surface area contributed by atoms with Gasteiger partial charge in [-0.05, 0) is 82.2 Å². The maximum Gasteiger partial charge on any atom is 0.0967 e. The molecule has 2 aliphatic carbocycles. The Labute approximate surface area is 185 Å². The molecule has 31 heavy (non-hydrogen) atoms. The molecule has 2 aromatic rings. The molecule has 3 aliphatic rings. The molecule has 2 saturated carbocycles. The van der Waals surface area contributed by atoms with Gasteiger partial charge in [0.25, 0.3) is 0 Å². The van der Waals surface area contributed by atoms with Gasteiger partial charge in [-0.3, -0.25) is 9.88 Å². The Kier molecular flexibility index (Phi) is 6.08. The Hall–Kier alpha value is -1.83. The van der Waals surface area contributed by atoms with Crippen LogP contribution in [-0.2, 0) is 17.8 Å². The van der Waals surface area contributed by atoms with Gasteiger partial charge in [-0.2, -0.15) is 0 Å². The highest BCUT2D eigenvalue weighted by Gasteiger charge is 2.44. The summed E-state index contributed by atoms with van der Waals surface area (Å²) in [5, 5.41) is 8.97. The van der Waals surface area contributed by atoms with E-state index in [1.165, 1.54) is 24.1 Å². The molecule has 5 rings (SSSR count). The minimum Gasteiger partial charge on any atom is -0.376 e. The summed E-state index contributed by atoms with van der Waals surface area (Å²) in [6.45, 7) is 7.12. The second-order valence-electron chi connectivity index (χ2n) is 10.3. The summed E-state index contributed by atoms with van der Waals surface area (Å²) in [6, 6.07) is 4.58. The maximum absolute atomic E-state index is 6.51. The molecule has 7 nitrogen and oxygen atoms in total. The third-order valence-electron chi connectivity index (χ3n) is 7.14. The van der Waals surface area contributed by atoms with E-state index < -0.39 is 0 Å². The Morgan fingerprint density at radius 2 is 1.94 bits per heavy atom. The Morgan fingerprint density at radius 1 is 1.13 bits per heavy atom. The average molecular weight is 425 g/mol. The summed E-state index contributed by atoms with van der Waals surface area (Å²) in [7, 11) is 4.14. The van der Waals surface area contributed by atoms with Crippen molar-refractivity contribution in [2.45, 2.75) is 57.8 Å². The van der Waals surface area contributed by atoms with E-state index in [0.717, 1.165) is 57.2 Å². The monoisotopic (exact) mass is 424 g/mol. The molecule has 168 valence electrons. The van der Waals surface area contributed by atoms with Crippen LogP contribution in [0.2, 0.25) is 0 Å². The summed E-state index contributed by atoms with van der Waals surface area (Å²) in [6.07, 6.45) is 9.23. The lowest BCUT2D eigenvalue weighted by molar-refractivity contribution is -0.0375. The fourth-order valence-corrected chi connectivity index (χ4v) is 5.40. The minimum absolute atomic E-state index is 0.243. The van der Waals surface area contributed by atoms with Crippen LogP contribution in [0, 0.1) is 24.7 Å². The SMILES string of the molecule is Cc1ccnc(CN2C[C@H]3C[C@@H](n4cc(CN(C)C)nn4)[C@H](OCC4CC4)C[C@H]3C2)c1. The van der Waals surface area contributed by atoms with E-state index in [9.17, 15) is 0 Å². The quantitative estimate of drug-likeness (QED) is 0.649. The molecule has 4 atom stereocenters. The van der Waals surface area contributed by atoms with E-state index in [4.69, 9.17) is 4.74 Å². The predicted molar refractivity (Wildman–Crippen MR) is 119 cm³/mol. The van der Waals surface area contributed by atoms with Crippen LogP contribution in [0.15, 0.2) is 24.5 Å². The van der Waals surface area contributed by atoms with Crippen molar-refractivity contribution in [3.8, 4) is 0 Å². The highest BCUT2D eigenvalue weighted by molar-refractivity contribution is 5.14. The van der Waals surface area contributed by atoms with E-state index in [1.54, 1.807) is 0 Å². The fraction of sp³-hybridized carbons (Fsp3) is 0.708. The summed E-state index contributed by atoms with van der Waals surface area (Å²) in [4.78, 5) is 9.32. The molecule has 1 aliphatic heterocycles. The third kappa shape index (κ3) is 5.16. The number of ether oxygens (including phenoxy) is 1. The second kappa shape index (κ2) is 8.96. The molecule has 7 heteroatoms. The van der Waals surface area contributed by atoms with E-state index in [2.05, 4.69) is 69.1 Å². The molecule has 2 aromatic heterocycles. The highest BCUT2D eigenvalue weighted by atomic mass is 16.5. The topological polar surface area (TPSA) is 59.3 Å². The average Bonchev–Trinajstić information content (AvgIpc) is 3.30. The van der Waals surface area contributed by atoms with Crippen molar-refractivity contribution in [3.63, 3.8) is 0 Å². The number of aromatic nitrogens is 4. The molecule has 0 N–H and O–H groups in total. The van der Waals surface area contributed by atoms with E-state index in [1.807, 2.05) is 6.20 Å². The van der Waals surface area contributed by atoms with Gasteiger partial charge in [0.2, 0.25) is 0 Å². The number of fused-ring (bicyclic) bond motifs is 1. The number of pyridine rings is 1. The summed E-state index contributed by atoms with van der Waals surface area (Å²) in [5.41, 5.74) is 3.50. The van der Waals surface area contributed by atoms with Crippen molar-refractivity contribution < 1.29 is 4.74 Å². The lowest BCUT2D eigenvalue weighted by atomic mass is 9.77. The molecule has 0 radical (unpaired) electrons. The largest absolute Gasteiger partial charge is 0.376 e. The Morgan fingerprint density at radius 3 is 2.68 bits per heavy atom. The molecular weight excluding hydrogens is 388 g/mol. The van der Waals surface area contributed by atoms with Gasteiger partial charge in [0.15, 0.2) is 0 Å². The minimum atomic E-state index is 0.243. The number of aryl methyl sites for hydroxylation is 1. The second-order valence-corrected chi connectivity index (χ2v) is 10.3. The van der Waals surface area contributed by atoms with Crippen LogP contribution in [0.1, 0.15) is 48.7 Å². The first-order valence-corrected chi connectivity index (χ1v) is 11.8. The zero-order valence-corrected chi connectivity index (χ0v) is 19.2. The Balaban J connectivity index is 1.28. The normalized spacial score (nSPS) is 28.9. The third-order valence-corrected chi connectivity index (χ3v) is 7.14. The van der Waals surface area contributed by atoms with Gasteiger partial charge in [0, 0.05) is 39.0 Å². The number of nitrogens with zero attached hydrogens (tertiary/aromatic N) is 6. The van der Waals surface area contributed by atoms with Gasteiger partial charge in [0.05, 0.1) is 29.7 Å². The van der Waals surface area contributed by atoms with E-state index >= 15 is 0 Å². The zero-order chi connectivity index (χ0) is 21.4. The summed E-state index contributed by atoms with van der Waals surface area (Å²) >= 11 is 0. The van der Waals surface area contributed by atoms with Crippen molar-refractivity contribution in [2.24, 2.45) is 17.8 Å². The van der Waals surface area contributed by atoms with Crippen LogP contribution < -0.4 is 0 Å². The van der Waals surface area contributed by atoms with Gasteiger partial charge in [-0.15, -0.1) is 5.10 Å². The van der Waals surface area contributed by atoms with Crippen LogP contribution in [0.4, 0.5) is 0 Å². The van der Waals surface area contributed by atoms with Crippen molar-refractivity contribution in [1.29, 1.82) is 0 Å². The molecule has 0 bridgehead atoms. The lowest BCUT2D eigenvalue weighted by Gasteiger charge is -2.37. The lowest BCUT2D eigenvalue weighted by Crippen LogP contribution is -2.38. The van der Waals surface area contributed by atoms with Crippen molar-refractivity contribution >= 4 is 0 Å². The maximum atomic E-state index is 6.51. The smallest absolute Gasteiger partial charge is 0.0967 e. The summed E-state index contributed by atoms with van der Waals surface area (Å²) < 4.78 is 8.62. The van der Waals surface area contributed by atoms with Crippen LogP contribution in [0.3, 0.4) is 0 Å². The molecule has 1 saturated heterocycles. The molecule has 0 amide bonds. The van der Waals surface area contributed by atoms with E-state index in [-0.39, 0.29) is 6.10 Å². The van der Waals surface area contributed by atoms with Gasteiger partial charge >= 0.3 is 0 Å². The van der Waals surface area contributed by atoms with Crippen molar-refractivity contribution in [3.05, 3.63) is 41.5 Å². The number of rotatable bonds is 8. The first kappa shape index (κ1) is 21.0. The Bertz CT molecular complexity index is 878. The molecular formula is C24H36N6O. The fourth-order valence-electron chi connectivity index (χ4n) is 5.40. The molecule has 0 spiro atoms. The van der Waals surface area contributed by atoms with E-state index in [0.29, 0.717) is 17.9 Å². The van der Waals surface area contributed by atoms with Crippen LogP contribution >= 0.6 is 0 Å². The van der Waals surface area contributed by atoms with Gasteiger partial charge in [0.1, 0.15) is 0 Å².